The first-order chi connectivity index (χ1) is 10.1. The van der Waals surface area contributed by atoms with E-state index in [-0.39, 0.29) is 0 Å². The number of nitrogens with one attached hydrogen (secondary N) is 1. The van der Waals surface area contributed by atoms with Crippen molar-refractivity contribution in [1.29, 1.82) is 0 Å². The molecular formula is C18H33N3. The molecule has 21 heavy (non-hydrogen) atoms. The summed E-state index contributed by atoms with van der Waals surface area (Å²) in [4.78, 5) is 4.96. The Kier molecular flexibility index (Phi) is 6.28. The van der Waals surface area contributed by atoms with E-state index < -0.39 is 0 Å². The first-order valence-electron chi connectivity index (χ1n) is 8.93. The van der Waals surface area contributed by atoms with Gasteiger partial charge in [0.1, 0.15) is 5.82 Å². The lowest BCUT2D eigenvalue weighted by molar-refractivity contribution is 0.433. The van der Waals surface area contributed by atoms with Gasteiger partial charge in [-0.15, -0.1) is 0 Å². The van der Waals surface area contributed by atoms with Crippen LogP contribution in [0.3, 0.4) is 0 Å². The van der Waals surface area contributed by atoms with Crippen LogP contribution in [0.5, 0.6) is 0 Å². The van der Waals surface area contributed by atoms with Gasteiger partial charge >= 0.3 is 0 Å². The summed E-state index contributed by atoms with van der Waals surface area (Å²) in [5.41, 5.74) is 2.81. The number of imidazole rings is 1. The molecule has 1 aromatic heterocycles. The summed E-state index contributed by atoms with van der Waals surface area (Å²) in [5, 5.41) is 3.46. The monoisotopic (exact) mass is 291 g/mol. The number of unbranched alkanes of at least 4 members (excludes halogenated alkanes) is 3. The molecule has 1 N–H and O–H groups in total. The maximum Gasteiger partial charge on any atom is 0.109 e. The van der Waals surface area contributed by atoms with Gasteiger partial charge in [-0.05, 0) is 19.3 Å². The summed E-state index contributed by atoms with van der Waals surface area (Å²) in [6.45, 7) is 11.3. The molecule has 1 atom stereocenters. The molecule has 2 rings (SSSR count). The average Bonchev–Trinajstić information content (AvgIpc) is 2.80. The first kappa shape index (κ1) is 16.5. The summed E-state index contributed by atoms with van der Waals surface area (Å²) in [5.74, 6) is 1.99. The van der Waals surface area contributed by atoms with Crippen LogP contribution in [0.15, 0.2) is 0 Å². The minimum Gasteiger partial charge on any atom is -0.329 e. The van der Waals surface area contributed by atoms with Crippen LogP contribution in [0.25, 0.3) is 0 Å². The van der Waals surface area contributed by atoms with Gasteiger partial charge in [-0.1, -0.05) is 46.5 Å². The van der Waals surface area contributed by atoms with E-state index in [2.05, 4.69) is 37.6 Å². The first-order valence-corrected chi connectivity index (χ1v) is 8.93. The summed E-state index contributed by atoms with van der Waals surface area (Å²) >= 11 is 0. The fraction of sp³-hybridized carbons (Fsp3) is 0.833. The van der Waals surface area contributed by atoms with Crippen molar-refractivity contribution >= 4 is 0 Å². The molecule has 120 valence electrons. The van der Waals surface area contributed by atoms with Crippen LogP contribution in [0.2, 0.25) is 0 Å². The Morgan fingerprint density at radius 1 is 1.19 bits per heavy atom. The molecule has 3 heteroatoms. The molecule has 0 saturated carbocycles. The summed E-state index contributed by atoms with van der Waals surface area (Å²) in [6.07, 6.45) is 8.95. The number of rotatable bonds is 8. The summed E-state index contributed by atoms with van der Waals surface area (Å²) < 4.78 is 2.59. The van der Waals surface area contributed by atoms with E-state index in [4.69, 9.17) is 4.98 Å². The van der Waals surface area contributed by atoms with Crippen LogP contribution in [-0.4, -0.2) is 16.1 Å². The van der Waals surface area contributed by atoms with Crippen molar-refractivity contribution in [2.75, 3.05) is 6.54 Å². The lowest BCUT2D eigenvalue weighted by Gasteiger charge is -2.22. The van der Waals surface area contributed by atoms with Gasteiger partial charge in [-0.2, -0.15) is 0 Å². The summed E-state index contributed by atoms with van der Waals surface area (Å²) in [6, 6.07) is 0.602. The largest absolute Gasteiger partial charge is 0.329 e. The molecule has 0 radical (unpaired) electrons. The number of hydrogen-bond donors (Lipinski definition) is 1. The van der Waals surface area contributed by atoms with Gasteiger partial charge < -0.3 is 9.88 Å². The van der Waals surface area contributed by atoms with Gasteiger partial charge in [0.2, 0.25) is 0 Å². The van der Waals surface area contributed by atoms with Crippen LogP contribution in [0.4, 0.5) is 0 Å². The van der Waals surface area contributed by atoms with E-state index in [0.29, 0.717) is 12.0 Å². The molecule has 2 heterocycles. The molecule has 0 fully saturated rings. The predicted octanol–water partition coefficient (Wildman–Crippen LogP) is 4.26. The molecular weight excluding hydrogens is 258 g/mol. The lowest BCUT2D eigenvalue weighted by atomic mass is 10.1. The maximum atomic E-state index is 4.96. The molecule has 1 unspecified atom stereocenters. The number of nitrogens with zero attached hydrogens (tertiary/aromatic N) is 2. The summed E-state index contributed by atoms with van der Waals surface area (Å²) in [7, 11) is 0. The SMILES string of the molecule is CCCCCCC(C)n1c(CC(C)C)nc2c1CCNC2. The predicted molar refractivity (Wildman–Crippen MR) is 89.6 cm³/mol. The lowest BCUT2D eigenvalue weighted by Crippen LogP contribution is -2.26. The van der Waals surface area contributed by atoms with Crippen LogP contribution in [-0.2, 0) is 19.4 Å². The molecule has 1 aliphatic heterocycles. The van der Waals surface area contributed by atoms with Gasteiger partial charge in [0.25, 0.3) is 0 Å². The van der Waals surface area contributed by atoms with Crippen molar-refractivity contribution in [2.24, 2.45) is 5.92 Å². The number of aromatic nitrogens is 2. The van der Waals surface area contributed by atoms with E-state index in [0.717, 1.165) is 25.9 Å². The Bertz CT molecular complexity index is 434. The Morgan fingerprint density at radius 3 is 2.71 bits per heavy atom. The van der Waals surface area contributed by atoms with Crippen LogP contribution in [0, 0.1) is 5.92 Å². The van der Waals surface area contributed by atoms with Gasteiger partial charge in [0, 0.05) is 37.7 Å². The highest BCUT2D eigenvalue weighted by molar-refractivity contribution is 5.21. The minimum atomic E-state index is 0.602. The average molecular weight is 291 g/mol. The Hall–Kier alpha value is -0.830. The third-order valence-corrected chi connectivity index (χ3v) is 4.50. The third-order valence-electron chi connectivity index (χ3n) is 4.50. The molecule has 0 amide bonds. The van der Waals surface area contributed by atoms with Crippen LogP contribution < -0.4 is 5.32 Å². The van der Waals surface area contributed by atoms with Crippen LogP contribution >= 0.6 is 0 Å². The highest BCUT2D eigenvalue weighted by Crippen LogP contribution is 2.26. The van der Waals surface area contributed by atoms with E-state index in [1.807, 2.05) is 0 Å². The van der Waals surface area contributed by atoms with Gasteiger partial charge in [0.15, 0.2) is 0 Å². The molecule has 0 aliphatic carbocycles. The zero-order chi connectivity index (χ0) is 15.2. The molecule has 0 saturated heterocycles. The highest BCUT2D eigenvalue weighted by Gasteiger charge is 2.22. The topological polar surface area (TPSA) is 29.9 Å². The van der Waals surface area contributed by atoms with Gasteiger partial charge in [0.05, 0.1) is 5.69 Å². The zero-order valence-electron chi connectivity index (χ0n) is 14.4. The maximum absolute atomic E-state index is 4.96. The quantitative estimate of drug-likeness (QED) is 0.725. The molecule has 1 aromatic rings. The molecule has 0 spiro atoms. The minimum absolute atomic E-state index is 0.602. The van der Waals surface area contributed by atoms with Crippen molar-refractivity contribution in [2.45, 2.75) is 85.2 Å². The van der Waals surface area contributed by atoms with Crippen molar-refractivity contribution in [3.63, 3.8) is 0 Å². The third kappa shape index (κ3) is 4.32. The second kappa shape index (κ2) is 7.98. The molecule has 1 aliphatic rings. The fourth-order valence-electron chi connectivity index (χ4n) is 3.41. The zero-order valence-corrected chi connectivity index (χ0v) is 14.4. The molecule has 0 aromatic carbocycles. The van der Waals surface area contributed by atoms with Crippen LogP contribution in [0.1, 0.15) is 83.1 Å². The van der Waals surface area contributed by atoms with E-state index in [1.165, 1.54) is 49.3 Å². The second-order valence-electron chi connectivity index (χ2n) is 7.01. The van der Waals surface area contributed by atoms with Gasteiger partial charge in [-0.3, -0.25) is 0 Å². The highest BCUT2D eigenvalue weighted by atomic mass is 15.1. The van der Waals surface area contributed by atoms with E-state index >= 15 is 0 Å². The standard InChI is InChI=1S/C18H33N3/c1-5-6-7-8-9-15(4)21-17-10-11-19-13-16(17)20-18(21)12-14(2)3/h14-15,19H,5-13H2,1-4H3. The Labute approximate surface area is 130 Å². The van der Waals surface area contributed by atoms with E-state index in [9.17, 15) is 0 Å². The Balaban J connectivity index is 2.12. The molecule has 0 bridgehead atoms. The smallest absolute Gasteiger partial charge is 0.109 e. The number of hydrogen-bond acceptors (Lipinski definition) is 2. The van der Waals surface area contributed by atoms with Crippen molar-refractivity contribution in [1.82, 2.24) is 14.9 Å². The van der Waals surface area contributed by atoms with Crippen molar-refractivity contribution in [3.05, 3.63) is 17.2 Å². The fourth-order valence-corrected chi connectivity index (χ4v) is 3.41. The van der Waals surface area contributed by atoms with Gasteiger partial charge in [-0.25, -0.2) is 4.98 Å². The Morgan fingerprint density at radius 2 is 2.00 bits per heavy atom. The van der Waals surface area contributed by atoms with E-state index in [1.54, 1.807) is 0 Å². The van der Waals surface area contributed by atoms with Crippen molar-refractivity contribution < 1.29 is 0 Å². The normalized spacial score (nSPS) is 16.2. The second-order valence-corrected chi connectivity index (χ2v) is 7.01. The molecule has 3 nitrogen and oxygen atoms in total. The number of fused-ring (bicyclic) bond motifs is 1. The van der Waals surface area contributed by atoms with Crippen molar-refractivity contribution in [3.8, 4) is 0 Å².